The summed E-state index contributed by atoms with van der Waals surface area (Å²) in [6.07, 6.45) is 1.31. The Hall–Kier alpha value is -1.98. The van der Waals surface area contributed by atoms with Crippen molar-refractivity contribution in [3.8, 4) is 0 Å². The van der Waals surface area contributed by atoms with Crippen molar-refractivity contribution in [3.63, 3.8) is 0 Å². The van der Waals surface area contributed by atoms with E-state index in [2.05, 4.69) is 21.9 Å². The third-order valence-electron chi connectivity index (χ3n) is 5.96. The van der Waals surface area contributed by atoms with E-state index in [0.29, 0.717) is 12.0 Å². The largest absolute Gasteiger partial charge is 0.388 e. The Morgan fingerprint density at radius 2 is 1.58 bits per heavy atom. The lowest BCUT2D eigenvalue weighted by atomic mass is 10.0. The van der Waals surface area contributed by atoms with Crippen LogP contribution in [0.3, 0.4) is 0 Å². The minimum atomic E-state index is -3.98. The Bertz CT molecular complexity index is 1140. The van der Waals surface area contributed by atoms with Gasteiger partial charge in [-0.1, -0.05) is 24.3 Å². The molecular formula is C23H33N3O5S2. The van der Waals surface area contributed by atoms with E-state index in [1.54, 1.807) is 0 Å². The molecule has 1 aliphatic rings. The van der Waals surface area contributed by atoms with Gasteiger partial charge in [0.05, 0.1) is 11.0 Å². The number of piperazine rings is 1. The number of nitrogens with zero attached hydrogens (tertiary/aromatic N) is 3. The van der Waals surface area contributed by atoms with Crippen LogP contribution in [0.5, 0.6) is 0 Å². The number of anilines is 1. The molecule has 1 saturated heterocycles. The maximum Gasteiger partial charge on any atom is 0.243 e. The molecule has 1 atom stereocenters. The van der Waals surface area contributed by atoms with Crippen molar-refractivity contribution in [2.24, 2.45) is 0 Å². The quantitative estimate of drug-likeness (QED) is 0.568. The molecule has 2 aromatic carbocycles. The Morgan fingerprint density at radius 3 is 2.15 bits per heavy atom. The van der Waals surface area contributed by atoms with Crippen LogP contribution in [0.25, 0.3) is 0 Å². The minimum absolute atomic E-state index is 0.261. The summed E-state index contributed by atoms with van der Waals surface area (Å²) >= 11 is 0. The van der Waals surface area contributed by atoms with Gasteiger partial charge >= 0.3 is 0 Å². The van der Waals surface area contributed by atoms with Crippen LogP contribution in [0.4, 0.5) is 5.69 Å². The molecule has 1 N–H and O–H groups in total. The predicted octanol–water partition coefficient (Wildman–Crippen LogP) is 1.98. The first-order chi connectivity index (χ1) is 15.5. The molecule has 0 radical (unpaired) electrons. The Kier molecular flexibility index (Phi) is 8.17. The van der Waals surface area contributed by atoms with Crippen LogP contribution in [0.1, 0.15) is 24.5 Å². The van der Waals surface area contributed by atoms with Gasteiger partial charge in [-0.25, -0.2) is 21.1 Å². The molecule has 2 aromatic rings. The number of para-hydroxylation sites is 1. The lowest BCUT2D eigenvalue weighted by Crippen LogP contribution is -2.46. The number of benzene rings is 2. The third kappa shape index (κ3) is 6.33. The summed E-state index contributed by atoms with van der Waals surface area (Å²) in [5.74, 6) is 0. The molecule has 0 amide bonds. The van der Waals surface area contributed by atoms with Crippen molar-refractivity contribution in [3.05, 3.63) is 54.1 Å². The molecule has 0 spiro atoms. The van der Waals surface area contributed by atoms with Crippen molar-refractivity contribution in [1.82, 2.24) is 9.21 Å². The average Bonchev–Trinajstić information content (AvgIpc) is 2.79. The molecule has 0 aromatic heterocycles. The van der Waals surface area contributed by atoms with Gasteiger partial charge in [0.15, 0.2) is 9.84 Å². The van der Waals surface area contributed by atoms with Crippen molar-refractivity contribution < 1.29 is 21.9 Å². The number of sulfonamides is 1. The Balaban J connectivity index is 1.60. The SMILES string of the molecule is CN(C)S(=O)(=O)c1cc(C(O)CCCN2CCN(c3ccccc3)CC2)ccc1S(C)(=O)=O. The van der Waals surface area contributed by atoms with E-state index < -0.39 is 26.0 Å². The van der Waals surface area contributed by atoms with Gasteiger partial charge in [0.2, 0.25) is 10.0 Å². The summed E-state index contributed by atoms with van der Waals surface area (Å²) in [7, 11) is -5.03. The van der Waals surface area contributed by atoms with Gasteiger partial charge in [-0.3, -0.25) is 4.90 Å². The average molecular weight is 496 g/mol. The van der Waals surface area contributed by atoms with E-state index >= 15 is 0 Å². The molecular weight excluding hydrogens is 462 g/mol. The smallest absolute Gasteiger partial charge is 0.243 e. The van der Waals surface area contributed by atoms with Crippen LogP contribution in [0.15, 0.2) is 58.3 Å². The maximum absolute atomic E-state index is 12.7. The summed E-state index contributed by atoms with van der Waals surface area (Å²) in [6, 6.07) is 14.4. The molecule has 0 aliphatic carbocycles. The second-order valence-corrected chi connectivity index (χ2v) is 12.7. The van der Waals surface area contributed by atoms with Gasteiger partial charge in [-0.15, -0.1) is 0 Å². The van der Waals surface area contributed by atoms with Gasteiger partial charge < -0.3 is 10.0 Å². The van der Waals surface area contributed by atoms with Crippen LogP contribution in [0, 0.1) is 0 Å². The Labute approximate surface area is 197 Å². The van der Waals surface area contributed by atoms with Crippen molar-refractivity contribution in [1.29, 1.82) is 0 Å². The highest BCUT2D eigenvalue weighted by molar-refractivity contribution is 7.93. The van der Waals surface area contributed by atoms with E-state index in [-0.39, 0.29) is 9.79 Å². The fourth-order valence-corrected chi connectivity index (χ4v) is 6.49. The number of aliphatic hydroxyl groups excluding tert-OH is 1. The number of sulfone groups is 1. The molecule has 1 unspecified atom stereocenters. The molecule has 1 fully saturated rings. The topological polar surface area (TPSA) is 98.2 Å². The molecule has 3 rings (SSSR count). The van der Waals surface area contributed by atoms with Gasteiger partial charge in [0.1, 0.15) is 4.90 Å². The highest BCUT2D eigenvalue weighted by atomic mass is 32.2. The van der Waals surface area contributed by atoms with Gasteiger partial charge in [-0.2, -0.15) is 0 Å². The first kappa shape index (κ1) is 25.6. The third-order valence-corrected chi connectivity index (χ3v) is 9.10. The fraction of sp³-hybridized carbons (Fsp3) is 0.478. The molecule has 182 valence electrons. The normalized spacial score (nSPS) is 16.8. The Morgan fingerprint density at radius 1 is 0.939 bits per heavy atom. The van der Waals surface area contributed by atoms with Crippen LogP contribution in [-0.4, -0.2) is 84.2 Å². The van der Waals surface area contributed by atoms with Crippen LogP contribution in [0.2, 0.25) is 0 Å². The van der Waals surface area contributed by atoms with Crippen LogP contribution in [-0.2, 0) is 19.9 Å². The van der Waals surface area contributed by atoms with Crippen LogP contribution >= 0.6 is 0 Å². The number of hydrogen-bond donors (Lipinski definition) is 1. The van der Waals surface area contributed by atoms with Crippen LogP contribution < -0.4 is 4.90 Å². The molecule has 0 bridgehead atoms. The first-order valence-electron chi connectivity index (χ1n) is 11.0. The van der Waals surface area contributed by atoms with Crippen molar-refractivity contribution >= 4 is 25.5 Å². The van der Waals surface area contributed by atoms with E-state index in [0.717, 1.165) is 49.7 Å². The molecule has 33 heavy (non-hydrogen) atoms. The van der Waals surface area contributed by atoms with Gasteiger partial charge in [-0.05, 0) is 49.2 Å². The number of aliphatic hydroxyl groups is 1. The lowest BCUT2D eigenvalue weighted by Gasteiger charge is -2.36. The maximum atomic E-state index is 12.7. The van der Waals surface area contributed by atoms with Gasteiger partial charge in [0.25, 0.3) is 0 Å². The molecule has 1 heterocycles. The van der Waals surface area contributed by atoms with E-state index in [9.17, 15) is 21.9 Å². The summed E-state index contributed by atoms with van der Waals surface area (Å²) < 4.78 is 50.6. The van der Waals surface area contributed by atoms with Crippen molar-refractivity contribution in [2.45, 2.75) is 28.7 Å². The lowest BCUT2D eigenvalue weighted by molar-refractivity contribution is 0.153. The molecule has 8 nitrogen and oxygen atoms in total. The summed E-state index contributed by atoms with van der Waals surface area (Å²) in [5.41, 5.74) is 1.63. The monoisotopic (exact) mass is 495 g/mol. The second-order valence-electron chi connectivity index (χ2n) is 8.59. The highest BCUT2D eigenvalue weighted by Gasteiger charge is 2.27. The number of rotatable bonds is 9. The number of hydrogen-bond acceptors (Lipinski definition) is 7. The molecule has 10 heteroatoms. The van der Waals surface area contributed by atoms with E-state index in [1.165, 1.54) is 38.0 Å². The predicted molar refractivity (Wildman–Crippen MR) is 130 cm³/mol. The highest BCUT2D eigenvalue weighted by Crippen LogP contribution is 2.28. The summed E-state index contributed by atoms with van der Waals surface area (Å²) in [6.45, 7) is 4.62. The van der Waals surface area contributed by atoms with Gasteiger partial charge in [0, 0.05) is 52.2 Å². The minimum Gasteiger partial charge on any atom is -0.388 e. The summed E-state index contributed by atoms with van der Waals surface area (Å²) in [4.78, 5) is 4.16. The van der Waals surface area contributed by atoms with Crippen molar-refractivity contribution in [2.75, 3.05) is 58.0 Å². The second kappa shape index (κ2) is 10.5. The summed E-state index contributed by atoms with van der Waals surface area (Å²) in [5, 5.41) is 10.7. The standard InChI is InChI=1S/C23H33N3O5S2/c1-24(2)33(30,31)23-18-19(11-12-22(23)32(3,28)29)21(27)10-7-13-25-14-16-26(17-15-25)20-8-5-4-6-9-20/h4-6,8-9,11-12,18,21,27H,7,10,13-17H2,1-3H3. The van der Waals surface area contributed by atoms with E-state index in [4.69, 9.17) is 0 Å². The molecule has 1 aliphatic heterocycles. The molecule has 0 saturated carbocycles. The zero-order valence-electron chi connectivity index (χ0n) is 19.4. The zero-order valence-corrected chi connectivity index (χ0v) is 21.0. The zero-order chi connectivity index (χ0) is 24.2. The van der Waals surface area contributed by atoms with E-state index in [1.807, 2.05) is 18.2 Å². The first-order valence-corrected chi connectivity index (χ1v) is 14.3. The fourth-order valence-electron chi connectivity index (χ4n) is 3.98.